The summed E-state index contributed by atoms with van der Waals surface area (Å²) >= 11 is 0. The van der Waals surface area contributed by atoms with Gasteiger partial charge >= 0.3 is 0 Å². The number of aromatic nitrogens is 2. The van der Waals surface area contributed by atoms with E-state index in [4.69, 9.17) is 4.42 Å². The van der Waals surface area contributed by atoms with E-state index in [1.54, 1.807) is 0 Å². The zero-order valence-electron chi connectivity index (χ0n) is 12.7. The summed E-state index contributed by atoms with van der Waals surface area (Å²) < 4.78 is 5.54. The van der Waals surface area contributed by atoms with Gasteiger partial charge in [0.1, 0.15) is 6.42 Å². The molecule has 112 valence electrons. The first-order chi connectivity index (χ1) is 10.0. The van der Waals surface area contributed by atoms with Crippen molar-refractivity contribution in [1.82, 2.24) is 15.5 Å². The van der Waals surface area contributed by atoms with E-state index in [2.05, 4.69) is 29.4 Å². The quantitative estimate of drug-likeness (QED) is 0.887. The van der Waals surface area contributed by atoms with Crippen LogP contribution in [0.15, 0.2) is 28.7 Å². The van der Waals surface area contributed by atoms with E-state index >= 15 is 0 Å². The monoisotopic (exact) mass is 287 g/mol. The lowest BCUT2D eigenvalue weighted by molar-refractivity contribution is -0.120. The maximum absolute atomic E-state index is 11.8. The molecule has 0 radical (unpaired) electrons. The van der Waals surface area contributed by atoms with Crippen molar-refractivity contribution in [2.45, 2.75) is 33.6 Å². The Labute approximate surface area is 124 Å². The average molecular weight is 287 g/mol. The molecule has 0 aliphatic carbocycles. The molecule has 21 heavy (non-hydrogen) atoms. The fraction of sp³-hybridized carbons (Fsp3) is 0.438. The molecule has 1 aromatic carbocycles. The molecular weight excluding hydrogens is 266 g/mol. The van der Waals surface area contributed by atoms with Crippen LogP contribution in [0.4, 0.5) is 0 Å². The molecule has 0 saturated heterocycles. The lowest BCUT2D eigenvalue weighted by atomic mass is 10.1. The van der Waals surface area contributed by atoms with Crippen molar-refractivity contribution in [2.24, 2.45) is 5.92 Å². The minimum atomic E-state index is -0.0879. The average Bonchev–Trinajstić information content (AvgIpc) is 2.86. The number of benzene rings is 1. The van der Waals surface area contributed by atoms with Gasteiger partial charge in [0.05, 0.1) is 0 Å². The molecule has 0 spiro atoms. The molecule has 0 saturated carbocycles. The zero-order valence-corrected chi connectivity index (χ0v) is 12.7. The van der Waals surface area contributed by atoms with Crippen LogP contribution in [0.3, 0.4) is 0 Å². The molecule has 0 atom stereocenters. The van der Waals surface area contributed by atoms with Crippen molar-refractivity contribution >= 4 is 5.91 Å². The van der Waals surface area contributed by atoms with E-state index in [1.807, 2.05) is 31.2 Å². The van der Waals surface area contributed by atoms with Crippen LogP contribution in [-0.2, 0) is 11.2 Å². The number of rotatable bonds is 6. The van der Waals surface area contributed by atoms with Crippen molar-refractivity contribution < 1.29 is 9.21 Å². The third kappa shape index (κ3) is 4.70. The minimum absolute atomic E-state index is 0.0879. The van der Waals surface area contributed by atoms with Gasteiger partial charge in [0, 0.05) is 12.1 Å². The van der Waals surface area contributed by atoms with Crippen molar-refractivity contribution in [1.29, 1.82) is 0 Å². The molecule has 1 amide bonds. The second-order valence-electron chi connectivity index (χ2n) is 5.58. The molecule has 0 aliphatic rings. The Morgan fingerprint density at radius 2 is 2.14 bits per heavy atom. The van der Waals surface area contributed by atoms with Crippen LogP contribution in [0, 0.1) is 12.8 Å². The highest BCUT2D eigenvalue weighted by atomic mass is 16.4. The predicted molar refractivity (Wildman–Crippen MR) is 80.6 cm³/mol. The van der Waals surface area contributed by atoms with Gasteiger partial charge < -0.3 is 9.73 Å². The molecule has 0 aliphatic heterocycles. The van der Waals surface area contributed by atoms with Gasteiger partial charge in [-0.3, -0.25) is 4.79 Å². The summed E-state index contributed by atoms with van der Waals surface area (Å²) in [7, 11) is 0. The smallest absolute Gasteiger partial charge is 0.247 e. The van der Waals surface area contributed by atoms with E-state index < -0.39 is 0 Å². The topological polar surface area (TPSA) is 68.0 Å². The van der Waals surface area contributed by atoms with E-state index in [1.165, 1.54) is 0 Å². The SMILES string of the molecule is Cc1cccc(-c2nnc(CC(=O)NCCC(C)C)o2)c1. The maximum Gasteiger partial charge on any atom is 0.247 e. The first kappa shape index (κ1) is 15.2. The molecule has 0 bridgehead atoms. The number of hydrogen-bond donors (Lipinski definition) is 1. The van der Waals surface area contributed by atoms with E-state index in [-0.39, 0.29) is 12.3 Å². The Hall–Kier alpha value is -2.17. The predicted octanol–water partition coefficient (Wildman–Crippen LogP) is 2.75. The van der Waals surface area contributed by atoms with Crippen molar-refractivity contribution in [3.05, 3.63) is 35.7 Å². The molecule has 2 rings (SSSR count). The fourth-order valence-electron chi connectivity index (χ4n) is 1.92. The molecule has 0 unspecified atom stereocenters. The van der Waals surface area contributed by atoms with Gasteiger partial charge in [-0.2, -0.15) is 0 Å². The molecule has 2 aromatic rings. The van der Waals surface area contributed by atoms with Crippen molar-refractivity contribution in [2.75, 3.05) is 6.54 Å². The Morgan fingerprint density at radius 1 is 1.33 bits per heavy atom. The second kappa shape index (κ2) is 7.02. The summed E-state index contributed by atoms with van der Waals surface area (Å²) in [5.41, 5.74) is 1.99. The summed E-state index contributed by atoms with van der Waals surface area (Å²) in [6.45, 7) is 6.93. The van der Waals surface area contributed by atoms with Gasteiger partial charge in [0.15, 0.2) is 0 Å². The van der Waals surface area contributed by atoms with Crippen LogP contribution in [-0.4, -0.2) is 22.6 Å². The number of hydrogen-bond acceptors (Lipinski definition) is 4. The zero-order chi connectivity index (χ0) is 15.2. The van der Waals surface area contributed by atoms with E-state index in [0.29, 0.717) is 24.2 Å². The fourth-order valence-corrected chi connectivity index (χ4v) is 1.92. The lowest BCUT2D eigenvalue weighted by Crippen LogP contribution is -2.26. The standard InChI is InChI=1S/C16H21N3O2/c1-11(2)7-8-17-14(20)10-15-18-19-16(21-15)13-6-4-5-12(3)9-13/h4-6,9,11H,7-8,10H2,1-3H3,(H,17,20). The maximum atomic E-state index is 11.8. The molecule has 5 nitrogen and oxygen atoms in total. The van der Waals surface area contributed by atoms with Crippen molar-refractivity contribution in [3.63, 3.8) is 0 Å². The van der Waals surface area contributed by atoms with Crippen LogP contribution >= 0.6 is 0 Å². The van der Waals surface area contributed by atoms with Gasteiger partial charge in [-0.05, 0) is 31.4 Å². The summed E-state index contributed by atoms with van der Waals surface area (Å²) in [6, 6.07) is 7.82. The lowest BCUT2D eigenvalue weighted by Gasteiger charge is -2.05. The van der Waals surface area contributed by atoms with Gasteiger partial charge in [0.25, 0.3) is 0 Å². The largest absolute Gasteiger partial charge is 0.420 e. The summed E-state index contributed by atoms with van der Waals surface area (Å²) in [4.78, 5) is 11.8. The number of aryl methyl sites for hydroxylation is 1. The van der Waals surface area contributed by atoms with Gasteiger partial charge in [-0.15, -0.1) is 10.2 Å². The van der Waals surface area contributed by atoms with E-state index in [9.17, 15) is 4.79 Å². The summed E-state index contributed by atoms with van der Waals surface area (Å²) in [5.74, 6) is 1.27. The highest BCUT2D eigenvalue weighted by molar-refractivity contribution is 5.77. The highest BCUT2D eigenvalue weighted by Crippen LogP contribution is 2.18. The molecule has 0 fully saturated rings. The molecule has 1 heterocycles. The molecule has 1 aromatic heterocycles. The first-order valence-electron chi connectivity index (χ1n) is 7.20. The highest BCUT2D eigenvalue weighted by Gasteiger charge is 2.12. The van der Waals surface area contributed by atoms with E-state index in [0.717, 1.165) is 17.5 Å². The number of nitrogens with zero attached hydrogens (tertiary/aromatic N) is 2. The van der Waals surface area contributed by atoms with Crippen LogP contribution < -0.4 is 5.32 Å². The third-order valence-electron chi connectivity index (χ3n) is 3.09. The normalized spacial score (nSPS) is 10.9. The number of carbonyl (C=O) groups excluding carboxylic acids is 1. The molecule has 1 N–H and O–H groups in total. The van der Waals surface area contributed by atoms with Crippen LogP contribution in [0.5, 0.6) is 0 Å². The molecular formula is C16H21N3O2. The Bertz CT molecular complexity index is 605. The number of carbonyl (C=O) groups is 1. The van der Waals surface area contributed by atoms with Crippen LogP contribution in [0.2, 0.25) is 0 Å². The van der Waals surface area contributed by atoms with Gasteiger partial charge in [-0.1, -0.05) is 31.5 Å². The summed E-state index contributed by atoms with van der Waals surface area (Å²) in [5, 5.41) is 10.8. The number of amides is 1. The minimum Gasteiger partial charge on any atom is -0.420 e. The van der Waals surface area contributed by atoms with Crippen LogP contribution in [0.1, 0.15) is 31.7 Å². The van der Waals surface area contributed by atoms with Crippen LogP contribution in [0.25, 0.3) is 11.5 Å². The second-order valence-corrected chi connectivity index (χ2v) is 5.58. The summed E-state index contributed by atoms with van der Waals surface area (Å²) in [6.07, 6.45) is 1.08. The van der Waals surface area contributed by atoms with Gasteiger partial charge in [-0.25, -0.2) is 0 Å². The number of nitrogens with one attached hydrogen (secondary N) is 1. The Kier molecular flexibility index (Phi) is 5.09. The third-order valence-corrected chi connectivity index (χ3v) is 3.09. The van der Waals surface area contributed by atoms with Crippen molar-refractivity contribution in [3.8, 4) is 11.5 Å². The molecule has 5 heteroatoms. The first-order valence-corrected chi connectivity index (χ1v) is 7.20. The Morgan fingerprint density at radius 3 is 2.86 bits per heavy atom. The van der Waals surface area contributed by atoms with Gasteiger partial charge in [0.2, 0.25) is 17.7 Å². The Balaban J connectivity index is 1.93.